The molecule has 0 saturated carbocycles. The maximum Gasteiger partial charge on any atom is 0.259 e. The maximum atomic E-state index is 11.8. The molecule has 0 aliphatic heterocycles. The van der Waals surface area contributed by atoms with Gasteiger partial charge in [-0.15, -0.1) is 0 Å². The number of furan rings is 1. The number of hydrazone groups is 1. The van der Waals surface area contributed by atoms with Crippen LogP contribution in [0.1, 0.15) is 5.76 Å². The molecule has 5 nitrogen and oxygen atoms in total. The van der Waals surface area contributed by atoms with Crippen LogP contribution in [0.25, 0.3) is 10.8 Å². The first kappa shape index (κ1) is 16.7. The number of rotatable bonds is 5. The van der Waals surface area contributed by atoms with Crippen LogP contribution in [0.2, 0.25) is 0 Å². The van der Waals surface area contributed by atoms with Crippen molar-refractivity contribution in [2.45, 2.75) is 0 Å². The van der Waals surface area contributed by atoms with Crippen molar-refractivity contribution in [1.29, 1.82) is 0 Å². The Labute approximate surface area is 155 Å². The molecule has 0 radical (unpaired) electrons. The molecule has 1 amide bonds. The predicted molar refractivity (Wildman–Crippen MR) is 102 cm³/mol. The van der Waals surface area contributed by atoms with Crippen LogP contribution in [-0.2, 0) is 4.79 Å². The molecule has 0 aliphatic carbocycles. The van der Waals surface area contributed by atoms with Gasteiger partial charge >= 0.3 is 0 Å². The van der Waals surface area contributed by atoms with E-state index < -0.39 is 0 Å². The highest BCUT2D eigenvalue weighted by atomic mass is 79.9. The summed E-state index contributed by atoms with van der Waals surface area (Å²) in [6.45, 7) is 0.126. The van der Waals surface area contributed by atoms with E-state index in [0.717, 1.165) is 20.9 Å². The van der Waals surface area contributed by atoms with Gasteiger partial charge in [0, 0.05) is 11.8 Å². The molecular weight excluding hydrogens is 438 g/mol. The van der Waals surface area contributed by atoms with Crippen LogP contribution in [0.4, 0.5) is 5.69 Å². The quantitative estimate of drug-likeness (QED) is 0.443. The molecule has 1 aromatic heterocycles. The van der Waals surface area contributed by atoms with Crippen LogP contribution >= 0.6 is 31.9 Å². The zero-order valence-electron chi connectivity index (χ0n) is 12.4. The van der Waals surface area contributed by atoms with Crippen molar-refractivity contribution in [2.75, 3.05) is 11.9 Å². The Bertz CT molecular complexity index is 886. The van der Waals surface area contributed by atoms with Crippen LogP contribution in [0.15, 0.2) is 67.2 Å². The summed E-state index contributed by atoms with van der Waals surface area (Å²) in [4.78, 5) is 11.8. The number of nitrogens with zero attached hydrogens (tertiary/aromatic N) is 1. The van der Waals surface area contributed by atoms with Gasteiger partial charge in [-0.05, 0) is 54.8 Å². The SMILES string of the molecule is O=C(CNc1ccc2ccccc2c1)NN=Cc1cc(Br)c(Br)o1. The number of fused-ring (bicyclic) bond motifs is 1. The third kappa shape index (κ3) is 4.24. The number of halogens is 2. The van der Waals surface area contributed by atoms with Crippen LogP contribution in [0.3, 0.4) is 0 Å². The molecule has 2 aromatic carbocycles. The topological polar surface area (TPSA) is 66.6 Å². The zero-order valence-corrected chi connectivity index (χ0v) is 15.6. The van der Waals surface area contributed by atoms with E-state index >= 15 is 0 Å². The second-order valence-corrected chi connectivity index (χ2v) is 6.55. The molecule has 1 heterocycles. The van der Waals surface area contributed by atoms with Crippen LogP contribution in [-0.4, -0.2) is 18.7 Å². The van der Waals surface area contributed by atoms with E-state index in [4.69, 9.17) is 4.42 Å². The van der Waals surface area contributed by atoms with Gasteiger partial charge in [0.2, 0.25) is 0 Å². The highest BCUT2D eigenvalue weighted by molar-refractivity contribution is 9.13. The van der Waals surface area contributed by atoms with E-state index in [1.165, 1.54) is 6.21 Å². The number of nitrogens with one attached hydrogen (secondary N) is 2. The Morgan fingerprint density at radius 3 is 2.67 bits per heavy atom. The van der Waals surface area contributed by atoms with Crippen LogP contribution in [0.5, 0.6) is 0 Å². The molecule has 3 rings (SSSR count). The summed E-state index contributed by atoms with van der Waals surface area (Å²) in [5.41, 5.74) is 3.33. The summed E-state index contributed by atoms with van der Waals surface area (Å²) in [6.07, 6.45) is 1.43. The molecule has 0 atom stereocenters. The molecule has 2 N–H and O–H groups in total. The van der Waals surface area contributed by atoms with Crippen molar-refractivity contribution >= 4 is 60.4 Å². The minimum atomic E-state index is -0.246. The van der Waals surface area contributed by atoms with Gasteiger partial charge in [-0.3, -0.25) is 4.79 Å². The van der Waals surface area contributed by atoms with E-state index in [-0.39, 0.29) is 12.5 Å². The van der Waals surface area contributed by atoms with Crippen molar-refractivity contribution in [1.82, 2.24) is 5.43 Å². The average molecular weight is 451 g/mol. The van der Waals surface area contributed by atoms with Gasteiger partial charge in [0.15, 0.2) is 4.67 Å². The zero-order chi connectivity index (χ0) is 16.9. The van der Waals surface area contributed by atoms with Crippen LogP contribution < -0.4 is 10.7 Å². The Hall–Kier alpha value is -2.12. The van der Waals surface area contributed by atoms with Gasteiger partial charge in [-0.2, -0.15) is 5.10 Å². The van der Waals surface area contributed by atoms with Crippen molar-refractivity contribution in [2.24, 2.45) is 5.10 Å². The monoisotopic (exact) mass is 449 g/mol. The summed E-state index contributed by atoms with van der Waals surface area (Å²) in [7, 11) is 0. The number of amides is 1. The third-order valence-corrected chi connectivity index (χ3v) is 4.96. The first-order chi connectivity index (χ1) is 11.6. The van der Waals surface area contributed by atoms with Crippen LogP contribution in [0, 0.1) is 0 Å². The fourth-order valence-electron chi connectivity index (χ4n) is 2.12. The Morgan fingerprint density at radius 2 is 1.92 bits per heavy atom. The molecule has 0 unspecified atom stereocenters. The first-order valence-electron chi connectivity index (χ1n) is 7.11. The highest BCUT2D eigenvalue weighted by Crippen LogP contribution is 2.25. The molecule has 7 heteroatoms. The van der Waals surface area contributed by atoms with E-state index in [2.05, 4.69) is 47.7 Å². The van der Waals surface area contributed by atoms with E-state index in [1.54, 1.807) is 6.07 Å². The second-order valence-electron chi connectivity index (χ2n) is 4.98. The standard InChI is InChI=1S/C17H13Br2N3O2/c18-15-8-14(24-17(15)19)9-21-22-16(23)10-20-13-6-5-11-3-1-2-4-12(11)7-13/h1-9,20H,10H2,(H,22,23). The molecule has 3 aromatic rings. The lowest BCUT2D eigenvalue weighted by Gasteiger charge is -2.06. The molecule has 122 valence electrons. The Balaban J connectivity index is 1.52. The molecule has 0 spiro atoms. The smallest absolute Gasteiger partial charge is 0.259 e. The summed E-state index contributed by atoms with van der Waals surface area (Å²) >= 11 is 6.54. The molecule has 0 aliphatic rings. The molecular formula is C17H13Br2N3O2. The predicted octanol–water partition coefficient (Wildman–Crippen LogP) is 4.52. The number of hydrogen-bond donors (Lipinski definition) is 2. The highest BCUT2D eigenvalue weighted by Gasteiger charge is 2.04. The largest absolute Gasteiger partial charge is 0.447 e. The second kappa shape index (κ2) is 7.63. The van der Waals surface area contributed by atoms with Crippen molar-refractivity contribution in [3.63, 3.8) is 0 Å². The molecule has 24 heavy (non-hydrogen) atoms. The Morgan fingerprint density at radius 1 is 1.12 bits per heavy atom. The number of hydrogen-bond acceptors (Lipinski definition) is 4. The van der Waals surface area contributed by atoms with Gasteiger partial charge < -0.3 is 9.73 Å². The average Bonchev–Trinajstić information content (AvgIpc) is 2.91. The fraction of sp³-hybridized carbons (Fsp3) is 0.0588. The fourth-order valence-corrected chi connectivity index (χ4v) is 2.72. The molecule has 0 bridgehead atoms. The van der Waals surface area contributed by atoms with Gasteiger partial charge in [0.25, 0.3) is 5.91 Å². The maximum absolute atomic E-state index is 11.8. The van der Waals surface area contributed by atoms with Crippen molar-refractivity contribution in [3.05, 3.63) is 63.4 Å². The minimum absolute atomic E-state index is 0.126. The summed E-state index contributed by atoms with van der Waals surface area (Å²) in [5.74, 6) is 0.278. The van der Waals surface area contributed by atoms with E-state index in [9.17, 15) is 4.79 Å². The number of benzene rings is 2. The first-order valence-corrected chi connectivity index (χ1v) is 8.70. The number of carbonyl (C=O) groups excluding carboxylic acids is 1. The minimum Gasteiger partial charge on any atom is -0.447 e. The molecule has 0 fully saturated rings. The van der Waals surface area contributed by atoms with Crippen molar-refractivity contribution < 1.29 is 9.21 Å². The Kier molecular flexibility index (Phi) is 5.32. The summed E-state index contributed by atoms with van der Waals surface area (Å²) in [5, 5.41) is 9.21. The van der Waals surface area contributed by atoms with E-state index in [1.807, 2.05) is 42.5 Å². The van der Waals surface area contributed by atoms with Gasteiger partial charge in [0.05, 0.1) is 17.2 Å². The normalized spacial score (nSPS) is 11.1. The third-order valence-electron chi connectivity index (χ3n) is 3.25. The lowest BCUT2D eigenvalue weighted by Crippen LogP contribution is -2.25. The van der Waals surface area contributed by atoms with Crippen molar-refractivity contribution in [3.8, 4) is 0 Å². The summed E-state index contributed by atoms with van der Waals surface area (Å²) in [6, 6.07) is 15.8. The van der Waals surface area contributed by atoms with E-state index in [0.29, 0.717) is 10.4 Å². The number of carbonyl (C=O) groups is 1. The lowest BCUT2D eigenvalue weighted by molar-refractivity contribution is -0.119. The van der Waals surface area contributed by atoms with Gasteiger partial charge in [0.1, 0.15) is 5.76 Å². The van der Waals surface area contributed by atoms with Gasteiger partial charge in [-0.25, -0.2) is 5.43 Å². The molecule has 0 saturated heterocycles. The number of anilines is 1. The summed E-state index contributed by atoms with van der Waals surface area (Å²) < 4.78 is 6.68. The lowest BCUT2D eigenvalue weighted by atomic mass is 10.1. The van der Waals surface area contributed by atoms with Gasteiger partial charge in [-0.1, -0.05) is 30.3 Å².